The van der Waals surface area contributed by atoms with Gasteiger partial charge in [0, 0.05) is 13.1 Å². The van der Waals surface area contributed by atoms with Crippen LogP contribution in [-0.4, -0.2) is 41.1 Å². The first kappa shape index (κ1) is 21.1. The molecule has 1 saturated heterocycles. The van der Waals surface area contributed by atoms with Gasteiger partial charge in [0.05, 0.1) is 24.5 Å². The Morgan fingerprint density at radius 2 is 1.46 bits per heavy atom. The number of ether oxygens (including phenoxy) is 1. The second-order valence-electron chi connectivity index (χ2n) is 8.50. The van der Waals surface area contributed by atoms with Crippen LogP contribution in [0.3, 0.4) is 0 Å². The molecule has 0 unspecified atom stereocenters. The number of hydrogen-bond acceptors (Lipinski definition) is 5. The number of rotatable bonds is 4. The minimum Gasteiger partial charge on any atom is -0.378 e. The molecule has 0 spiro atoms. The smallest absolute Gasteiger partial charge is 0.232 e. The summed E-state index contributed by atoms with van der Waals surface area (Å²) in [6.07, 6.45) is 1.96. The van der Waals surface area contributed by atoms with Crippen LogP contribution in [0.4, 0.5) is 5.95 Å². The van der Waals surface area contributed by atoms with Crippen molar-refractivity contribution in [1.29, 1.82) is 5.26 Å². The highest BCUT2D eigenvalue weighted by atomic mass is 16.5. The van der Waals surface area contributed by atoms with Crippen LogP contribution in [0.5, 0.6) is 0 Å². The molecule has 1 aromatic heterocycles. The van der Waals surface area contributed by atoms with Crippen LogP contribution in [0.1, 0.15) is 11.4 Å². The summed E-state index contributed by atoms with van der Waals surface area (Å²) >= 11 is 0. The second kappa shape index (κ2) is 9.05. The van der Waals surface area contributed by atoms with Gasteiger partial charge in [0.25, 0.3) is 0 Å². The summed E-state index contributed by atoms with van der Waals surface area (Å²) < 4.78 is 7.52. The molecule has 4 aromatic carbocycles. The SMILES string of the molecule is N#C/C(=C/c1c2ccccc2cc2ccccc12)c1nnc(N2CCOCC2)n1-c1ccccc1. The Hall–Kier alpha value is -4.47. The van der Waals surface area contributed by atoms with Crippen LogP contribution in [-0.2, 0) is 4.74 Å². The van der Waals surface area contributed by atoms with Crippen LogP contribution in [0.25, 0.3) is 38.9 Å². The molecule has 0 aliphatic carbocycles. The van der Waals surface area contributed by atoms with Gasteiger partial charge in [-0.05, 0) is 51.4 Å². The number of hydrogen-bond donors (Lipinski definition) is 0. The monoisotopic (exact) mass is 457 g/mol. The molecule has 0 N–H and O–H groups in total. The summed E-state index contributed by atoms with van der Waals surface area (Å²) in [7, 11) is 0. The molecule has 1 aliphatic heterocycles. The maximum atomic E-state index is 10.3. The molecule has 0 atom stereocenters. The summed E-state index contributed by atoms with van der Waals surface area (Å²) in [6, 6.07) is 31.1. The van der Waals surface area contributed by atoms with Crippen LogP contribution in [0.2, 0.25) is 0 Å². The number of nitriles is 1. The molecule has 6 rings (SSSR count). The lowest BCUT2D eigenvalue weighted by atomic mass is 9.95. The molecule has 35 heavy (non-hydrogen) atoms. The Balaban J connectivity index is 1.59. The number of fused-ring (bicyclic) bond motifs is 2. The third kappa shape index (κ3) is 3.82. The minimum absolute atomic E-state index is 0.461. The molecular weight excluding hydrogens is 434 g/mol. The quantitative estimate of drug-likeness (QED) is 0.264. The van der Waals surface area contributed by atoms with Gasteiger partial charge in [-0.2, -0.15) is 5.26 Å². The number of para-hydroxylation sites is 1. The molecule has 0 saturated carbocycles. The van der Waals surface area contributed by atoms with Crippen LogP contribution >= 0.6 is 0 Å². The van der Waals surface area contributed by atoms with Gasteiger partial charge in [0.15, 0.2) is 5.82 Å². The van der Waals surface area contributed by atoms with Gasteiger partial charge in [0.2, 0.25) is 5.95 Å². The fourth-order valence-corrected chi connectivity index (χ4v) is 4.73. The van der Waals surface area contributed by atoms with Crippen LogP contribution in [0, 0.1) is 11.3 Å². The van der Waals surface area contributed by atoms with Crippen molar-refractivity contribution in [3.05, 3.63) is 96.3 Å². The number of allylic oxidation sites excluding steroid dienone is 1. The second-order valence-corrected chi connectivity index (χ2v) is 8.50. The van der Waals surface area contributed by atoms with Crippen molar-refractivity contribution in [2.75, 3.05) is 31.2 Å². The highest BCUT2D eigenvalue weighted by molar-refractivity contribution is 6.09. The molecule has 0 amide bonds. The fourth-order valence-electron chi connectivity index (χ4n) is 4.73. The standard InChI is InChI=1S/C29H23N5O/c30-20-23(19-27-25-12-6-4-8-21(25)18-22-9-5-7-13-26(22)27)28-31-32-29(33-14-16-35-17-15-33)34(28)24-10-2-1-3-11-24/h1-13,18-19H,14-17H2/b23-19-. The van der Waals surface area contributed by atoms with Crippen molar-refractivity contribution < 1.29 is 4.74 Å². The maximum Gasteiger partial charge on any atom is 0.232 e. The number of nitrogens with zero attached hydrogens (tertiary/aromatic N) is 5. The van der Waals surface area contributed by atoms with Crippen molar-refractivity contribution in [1.82, 2.24) is 14.8 Å². The summed E-state index contributed by atoms with van der Waals surface area (Å²) in [4.78, 5) is 2.16. The Morgan fingerprint density at radius 1 is 0.829 bits per heavy atom. The van der Waals surface area contributed by atoms with E-state index in [0.29, 0.717) is 24.6 Å². The first-order valence-corrected chi connectivity index (χ1v) is 11.7. The van der Waals surface area contributed by atoms with E-state index in [1.165, 1.54) is 0 Å². The van der Waals surface area contributed by atoms with E-state index in [1.54, 1.807) is 0 Å². The van der Waals surface area contributed by atoms with Gasteiger partial charge in [0.1, 0.15) is 6.07 Å². The third-order valence-electron chi connectivity index (χ3n) is 6.42. The number of benzene rings is 4. The molecule has 1 fully saturated rings. The molecule has 6 nitrogen and oxygen atoms in total. The third-order valence-corrected chi connectivity index (χ3v) is 6.42. The van der Waals surface area contributed by atoms with Crippen LogP contribution in [0.15, 0.2) is 84.9 Å². The summed E-state index contributed by atoms with van der Waals surface area (Å²) in [5, 5.41) is 23.9. The summed E-state index contributed by atoms with van der Waals surface area (Å²) in [6.45, 7) is 2.73. The Kier molecular flexibility index (Phi) is 5.45. The molecule has 0 bridgehead atoms. The average molecular weight is 458 g/mol. The lowest BCUT2D eigenvalue weighted by Crippen LogP contribution is -2.38. The normalized spacial score (nSPS) is 14.4. The van der Waals surface area contributed by atoms with E-state index in [2.05, 4.69) is 51.5 Å². The lowest BCUT2D eigenvalue weighted by molar-refractivity contribution is 0.122. The molecular formula is C29H23N5O. The van der Waals surface area contributed by atoms with Crippen LogP contribution < -0.4 is 4.90 Å². The average Bonchev–Trinajstić information content (AvgIpc) is 3.37. The number of morpholine rings is 1. The highest BCUT2D eigenvalue weighted by Gasteiger charge is 2.23. The van der Waals surface area contributed by atoms with E-state index in [0.717, 1.165) is 51.8 Å². The van der Waals surface area contributed by atoms with Crippen molar-refractivity contribution in [2.45, 2.75) is 0 Å². The van der Waals surface area contributed by atoms with Gasteiger partial charge < -0.3 is 9.64 Å². The van der Waals surface area contributed by atoms with Crippen molar-refractivity contribution >= 4 is 39.1 Å². The Bertz CT molecular complexity index is 1540. The molecule has 170 valence electrons. The number of aromatic nitrogens is 3. The van der Waals surface area contributed by atoms with E-state index in [-0.39, 0.29) is 0 Å². The van der Waals surface area contributed by atoms with Crippen molar-refractivity contribution in [3.63, 3.8) is 0 Å². The predicted octanol–water partition coefficient (Wildman–Crippen LogP) is 5.47. The highest BCUT2D eigenvalue weighted by Crippen LogP contribution is 2.33. The molecule has 0 radical (unpaired) electrons. The fraction of sp³-hybridized carbons (Fsp3) is 0.138. The zero-order chi connectivity index (χ0) is 23.6. The van der Waals surface area contributed by atoms with E-state index >= 15 is 0 Å². The van der Waals surface area contributed by atoms with Crippen molar-refractivity contribution in [2.24, 2.45) is 0 Å². The zero-order valence-electron chi connectivity index (χ0n) is 19.1. The van der Waals surface area contributed by atoms with E-state index in [1.807, 2.05) is 65.2 Å². The molecule has 5 aromatic rings. The van der Waals surface area contributed by atoms with Gasteiger partial charge in [-0.3, -0.25) is 4.57 Å². The van der Waals surface area contributed by atoms with Gasteiger partial charge in [-0.25, -0.2) is 0 Å². The van der Waals surface area contributed by atoms with E-state index in [9.17, 15) is 5.26 Å². The summed E-state index contributed by atoms with van der Waals surface area (Å²) in [5.74, 6) is 1.25. The first-order chi connectivity index (χ1) is 17.3. The minimum atomic E-state index is 0.461. The van der Waals surface area contributed by atoms with Gasteiger partial charge in [-0.15, -0.1) is 10.2 Å². The Morgan fingerprint density at radius 3 is 2.11 bits per heavy atom. The molecule has 6 heteroatoms. The predicted molar refractivity (Wildman–Crippen MR) is 139 cm³/mol. The number of anilines is 1. The van der Waals surface area contributed by atoms with Gasteiger partial charge >= 0.3 is 0 Å². The Labute approximate surface area is 203 Å². The maximum absolute atomic E-state index is 10.3. The van der Waals surface area contributed by atoms with Gasteiger partial charge in [-0.1, -0.05) is 66.7 Å². The topological polar surface area (TPSA) is 67.0 Å². The largest absolute Gasteiger partial charge is 0.378 e. The zero-order valence-corrected chi connectivity index (χ0v) is 19.1. The summed E-state index contributed by atoms with van der Waals surface area (Å²) in [5.41, 5.74) is 2.38. The molecule has 1 aliphatic rings. The molecule has 2 heterocycles. The van der Waals surface area contributed by atoms with E-state index < -0.39 is 0 Å². The lowest BCUT2D eigenvalue weighted by Gasteiger charge is -2.28. The van der Waals surface area contributed by atoms with Crippen molar-refractivity contribution in [3.8, 4) is 11.8 Å². The van der Waals surface area contributed by atoms with E-state index in [4.69, 9.17) is 4.74 Å². The first-order valence-electron chi connectivity index (χ1n) is 11.7.